The Balaban J connectivity index is 1.48. The van der Waals surface area contributed by atoms with Gasteiger partial charge >= 0.3 is 0 Å². The molecule has 2 amide bonds. The van der Waals surface area contributed by atoms with Crippen LogP contribution in [0.3, 0.4) is 0 Å². The molecular formula is C18H24N2O3. The maximum absolute atomic E-state index is 13.0. The van der Waals surface area contributed by atoms with E-state index in [0.29, 0.717) is 24.4 Å². The summed E-state index contributed by atoms with van der Waals surface area (Å²) in [5.41, 5.74) is 0.292. The van der Waals surface area contributed by atoms with Gasteiger partial charge in [0.1, 0.15) is 5.76 Å². The summed E-state index contributed by atoms with van der Waals surface area (Å²) in [7, 11) is 0. The third kappa shape index (κ3) is 2.56. The molecule has 124 valence electrons. The average Bonchev–Trinajstić information content (AvgIpc) is 3.08. The van der Waals surface area contributed by atoms with Crippen LogP contribution in [0.2, 0.25) is 0 Å². The second kappa shape index (κ2) is 5.39. The van der Waals surface area contributed by atoms with Gasteiger partial charge in [-0.2, -0.15) is 0 Å². The van der Waals surface area contributed by atoms with E-state index in [4.69, 9.17) is 4.42 Å². The van der Waals surface area contributed by atoms with Gasteiger partial charge in [0.15, 0.2) is 0 Å². The van der Waals surface area contributed by atoms with Gasteiger partial charge in [0.25, 0.3) is 5.91 Å². The molecule has 3 heterocycles. The topological polar surface area (TPSA) is 53.8 Å². The molecule has 1 atom stereocenters. The smallest absolute Gasteiger partial charge is 0.257 e. The molecule has 0 aromatic carbocycles. The minimum atomic E-state index is -0.333. The highest BCUT2D eigenvalue weighted by Gasteiger charge is 2.50. The number of aryl methyl sites for hydroxylation is 1. The summed E-state index contributed by atoms with van der Waals surface area (Å²) in [6.07, 6.45) is 6.86. The number of hydrogen-bond acceptors (Lipinski definition) is 3. The van der Waals surface area contributed by atoms with Crippen molar-refractivity contribution in [1.82, 2.24) is 9.80 Å². The molecule has 2 aliphatic heterocycles. The number of carbonyl (C=O) groups is 2. The highest BCUT2D eigenvalue weighted by Crippen LogP contribution is 2.42. The maximum atomic E-state index is 13.0. The molecule has 0 radical (unpaired) electrons. The van der Waals surface area contributed by atoms with Crippen molar-refractivity contribution in [3.05, 3.63) is 23.7 Å². The molecule has 1 saturated carbocycles. The maximum Gasteiger partial charge on any atom is 0.257 e. The van der Waals surface area contributed by atoms with Crippen molar-refractivity contribution in [3.8, 4) is 0 Å². The lowest BCUT2D eigenvalue weighted by molar-refractivity contribution is -0.145. The van der Waals surface area contributed by atoms with Crippen LogP contribution < -0.4 is 0 Å². The van der Waals surface area contributed by atoms with Crippen molar-refractivity contribution in [2.45, 2.75) is 39.0 Å². The van der Waals surface area contributed by atoms with E-state index in [1.54, 1.807) is 12.3 Å². The number of likely N-dealkylation sites (tertiary alicyclic amines) is 2. The van der Waals surface area contributed by atoms with Crippen molar-refractivity contribution in [2.75, 3.05) is 26.2 Å². The number of piperidine rings is 1. The van der Waals surface area contributed by atoms with E-state index < -0.39 is 0 Å². The molecule has 5 nitrogen and oxygen atoms in total. The van der Waals surface area contributed by atoms with Gasteiger partial charge in [-0.05, 0) is 51.0 Å². The third-order valence-electron chi connectivity index (χ3n) is 5.73. The first-order valence-corrected chi connectivity index (χ1v) is 8.72. The second-order valence-electron chi connectivity index (χ2n) is 7.45. The second-order valence-corrected chi connectivity index (χ2v) is 7.45. The summed E-state index contributed by atoms with van der Waals surface area (Å²) < 4.78 is 5.25. The predicted molar refractivity (Wildman–Crippen MR) is 84.9 cm³/mol. The number of rotatable bonds is 3. The van der Waals surface area contributed by atoms with Crippen LogP contribution in [0.5, 0.6) is 0 Å². The third-order valence-corrected chi connectivity index (χ3v) is 5.73. The first-order valence-electron chi connectivity index (χ1n) is 8.72. The Kier molecular flexibility index (Phi) is 3.47. The normalized spacial score (nSPS) is 28.0. The van der Waals surface area contributed by atoms with Gasteiger partial charge in [0.05, 0.1) is 17.2 Å². The van der Waals surface area contributed by atoms with E-state index in [-0.39, 0.29) is 17.2 Å². The van der Waals surface area contributed by atoms with Crippen molar-refractivity contribution >= 4 is 11.8 Å². The van der Waals surface area contributed by atoms with Crippen molar-refractivity contribution in [3.63, 3.8) is 0 Å². The first-order chi connectivity index (χ1) is 11.1. The molecule has 1 aromatic rings. The van der Waals surface area contributed by atoms with Crippen LogP contribution in [0.1, 0.15) is 48.2 Å². The average molecular weight is 316 g/mol. The fourth-order valence-electron chi connectivity index (χ4n) is 4.14. The Morgan fingerprint density at radius 2 is 2.17 bits per heavy atom. The molecule has 3 aliphatic rings. The van der Waals surface area contributed by atoms with Crippen molar-refractivity contribution in [1.29, 1.82) is 0 Å². The van der Waals surface area contributed by atoms with E-state index in [1.165, 1.54) is 12.8 Å². The fourth-order valence-corrected chi connectivity index (χ4v) is 4.14. The van der Waals surface area contributed by atoms with Gasteiger partial charge in [0, 0.05) is 26.2 Å². The number of furan rings is 1. The quantitative estimate of drug-likeness (QED) is 0.861. The van der Waals surface area contributed by atoms with Gasteiger partial charge in [0.2, 0.25) is 5.91 Å². The zero-order valence-corrected chi connectivity index (χ0v) is 13.7. The van der Waals surface area contributed by atoms with Crippen LogP contribution in [0.4, 0.5) is 0 Å². The summed E-state index contributed by atoms with van der Waals surface area (Å²) in [6, 6.07) is 1.73. The largest absolute Gasteiger partial charge is 0.469 e. The van der Waals surface area contributed by atoms with Gasteiger partial charge in [-0.15, -0.1) is 0 Å². The minimum absolute atomic E-state index is 0.000224. The number of carbonyl (C=O) groups excluding carboxylic acids is 2. The van der Waals surface area contributed by atoms with E-state index in [2.05, 4.69) is 4.90 Å². The Labute approximate surface area is 136 Å². The summed E-state index contributed by atoms with van der Waals surface area (Å²) in [5, 5.41) is 0. The Morgan fingerprint density at radius 1 is 1.35 bits per heavy atom. The summed E-state index contributed by atoms with van der Waals surface area (Å²) in [5.74, 6) is 1.67. The van der Waals surface area contributed by atoms with E-state index in [9.17, 15) is 9.59 Å². The summed E-state index contributed by atoms with van der Waals surface area (Å²) in [4.78, 5) is 29.6. The zero-order chi connectivity index (χ0) is 16.0. The van der Waals surface area contributed by atoms with Crippen molar-refractivity contribution < 1.29 is 14.0 Å². The molecule has 3 fully saturated rings. The highest BCUT2D eigenvalue weighted by molar-refractivity contribution is 5.96. The SMILES string of the molecule is Cc1occc1C(=O)N1CC[C@@]2(CCCN(CC3CC3)C2=O)C1. The van der Waals surface area contributed by atoms with Gasteiger partial charge in [-0.3, -0.25) is 9.59 Å². The van der Waals surface area contributed by atoms with E-state index in [1.807, 2.05) is 11.8 Å². The summed E-state index contributed by atoms with van der Waals surface area (Å²) in [6.45, 7) is 4.87. The van der Waals surface area contributed by atoms with Crippen LogP contribution in [-0.2, 0) is 4.79 Å². The molecule has 2 saturated heterocycles. The molecule has 0 N–H and O–H groups in total. The van der Waals surface area contributed by atoms with Gasteiger partial charge < -0.3 is 14.2 Å². The van der Waals surface area contributed by atoms with Crippen molar-refractivity contribution in [2.24, 2.45) is 11.3 Å². The first kappa shape index (κ1) is 14.8. The molecule has 0 unspecified atom stereocenters. The molecule has 23 heavy (non-hydrogen) atoms. The lowest BCUT2D eigenvalue weighted by atomic mass is 9.78. The number of hydrogen-bond donors (Lipinski definition) is 0. The molecule has 1 spiro atoms. The number of nitrogens with zero attached hydrogens (tertiary/aromatic N) is 2. The standard InChI is InChI=1S/C18H24N2O3/c1-13-15(5-10-23-13)16(21)20-9-7-18(12-20)6-2-8-19(17(18)22)11-14-3-4-14/h5,10,14H,2-4,6-9,11-12H2,1H3/t18-/m0/s1. The lowest BCUT2D eigenvalue weighted by Gasteiger charge is -2.39. The Morgan fingerprint density at radius 3 is 2.87 bits per heavy atom. The highest BCUT2D eigenvalue weighted by atomic mass is 16.3. The summed E-state index contributed by atoms with van der Waals surface area (Å²) >= 11 is 0. The molecule has 4 rings (SSSR count). The zero-order valence-electron chi connectivity index (χ0n) is 13.7. The number of amides is 2. The lowest BCUT2D eigenvalue weighted by Crippen LogP contribution is -2.50. The van der Waals surface area contributed by atoms with Crippen LogP contribution in [-0.4, -0.2) is 47.8 Å². The minimum Gasteiger partial charge on any atom is -0.469 e. The van der Waals surface area contributed by atoms with E-state index in [0.717, 1.165) is 38.3 Å². The predicted octanol–water partition coefficient (Wildman–Crippen LogP) is 2.45. The molecular weight excluding hydrogens is 292 g/mol. The molecule has 5 heteroatoms. The Hall–Kier alpha value is -1.78. The van der Waals surface area contributed by atoms with Crippen LogP contribution in [0.25, 0.3) is 0 Å². The molecule has 1 aromatic heterocycles. The molecule has 1 aliphatic carbocycles. The van der Waals surface area contributed by atoms with Gasteiger partial charge in [-0.25, -0.2) is 0 Å². The van der Waals surface area contributed by atoms with Crippen LogP contribution in [0.15, 0.2) is 16.7 Å². The monoisotopic (exact) mass is 316 g/mol. The van der Waals surface area contributed by atoms with E-state index >= 15 is 0 Å². The molecule has 0 bridgehead atoms. The fraction of sp³-hybridized carbons (Fsp3) is 0.667. The Bertz CT molecular complexity index is 634. The van der Waals surface area contributed by atoms with Crippen LogP contribution >= 0.6 is 0 Å². The van der Waals surface area contributed by atoms with Crippen LogP contribution in [0, 0.1) is 18.3 Å². The van der Waals surface area contributed by atoms with Gasteiger partial charge in [-0.1, -0.05) is 0 Å².